The molecule has 1 saturated carbocycles. The van der Waals surface area contributed by atoms with E-state index in [1.54, 1.807) is 0 Å². The summed E-state index contributed by atoms with van der Waals surface area (Å²) < 4.78 is 7.69. The zero-order chi connectivity index (χ0) is 20.2. The molecule has 1 aromatic carbocycles. The number of nitrogens with zero attached hydrogens (tertiary/aromatic N) is 4. The smallest absolute Gasteiger partial charge is 0.234 e. The van der Waals surface area contributed by atoms with Gasteiger partial charge in [-0.05, 0) is 62.8 Å². The number of benzene rings is 1. The van der Waals surface area contributed by atoms with Gasteiger partial charge in [-0.25, -0.2) is 0 Å². The Kier molecular flexibility index (Phi) is 6.28. The van der Waals surface area contributed by atoms with Gasteiger partial charge in [-0.15, -0.1) is 10.2 Å². The van der Waals surface area contributed by atoms with Gasteiger partial charge in [0.2, 0.25) is 11.9 Å². The third-order valence-corrected chi connectivity index (χ3v) is 6.35. The van der Waals surface area contributed by atoms with Crippen molar-refractivity contribution in [2.75, 3.05) is 35.7 Å². The molecule has 0 spiro atoms. The van der Waals surface area contributed by atoms with Crippen LogP contribution in [-0.2, 0) is 4.79 Å². The Morgan fingerprint density at radius 3 is 2.55 bits per heavy atom. The minimum atomic E-state index is -0.0437. The lowest BCUT2D eigenvalue weighted by Crippen LogP contribution is -2.34. The fraction of sp³-hybridized carbons (Fsp3) is 0.571. The molecule has 29 heavy (non-hydrogen) atoms. The molecule has 0 unspecified atom stereocenters. The number of carbonyl (C=O) groups is 1. The molecule has 156 valence electrons. The summed E-state index contributed by atoms with van der Waals surface area (Å²) in [5, 5.41) is 12.7. The summed E-state index contributed by atoms with van der Waals surface area (Å²) in [6, 6.07) is 7.92. The number of hydrogen-bond donors (Lipinski definition) is 1. The second kappa shape index (κ2) is 9.07. The third-order valence-electron chi connectivity index (χ3n) is 5.41. The van der Waals surface area contributed by atoms with Crippen LogP contribution in [0.5, 0.6) is 5.75 Å². The Morgan fingerprint density at radius 2 is 1.90 bits per heavy atom. The Hall–Kier alpha value is -2.22. The topological polar surface area (TPSA) is 72.3 Å². The van der Waals surface area contributed by atoms with Gasteiger partial charge in [0.15, 0.2) is 5.16 Å². The summed E-state index contributed by atoms with van der Waals surface area (Å²) in [6.45, 7) is 6.96. The molecular weight excluding hydrogens is 386 g/mol. The van der Waals surface area contributed by atoms with E-state index in [0.717, 1.165) is 41.5 Å². The van der Waals surface area contributed by atoms with Crippen molar-refractivity contribution in [3.8, 4) is 5.75 Å². The van der Waals surface area contributed by atoms with Gasteiger partial charge in [-0.1, -0.05) is 18.7 Å². The number of amides is 1. The van der Waals surface area contributed by atoms with E-state index < -0.39 is 0 Å². The number of piperidine rings is 1. The van der Waals surface area contributed by atoms with Crippen LogP contribution >= 0.6 is 11.8 Å². The monoisotopic (exact) mass is 415 g/mol. The third kappa shape index (κ3) is 5.04. The van der Waals surface area contributed by atoms with Crippen molar-refractivity contribution in [1.29, 1.82) is 0 Å². The minimum Gasteiger partial charge on any atom is -0.494 e. The van der Waals surface area contributed by atoms with E-state index in [0.29, 0.717) is 18.4 Å². The Labute approximate surface area is 176 Å². The zero-order valence-electron chi connectivity index (χ0n) is 17.1. The fourth-order valence-electron chi connectivity index (χ4n) is 3.57. The lowest BCUT2D eigenvalue weighted by Gasteiger charge is -2.31. The molecule has 0 bridgehead atoms. The molecular formula is C21H29N5O2S. The van der Waals surface area contributed by atoms with E-state index in [1.807, 2.05) is 31.2 Å². The zero-order valence-corrected chi connectivity index (χ0v) is 18.0. The predicted molar refractivity (Wildman–Crippen MR) is 116 cm³/mol. The SMILES string of the molecule is CCOc1ccc(NC(=O)CSc2nnc(N3CCC(C)CC3)n2C2CC2)cc1. The molecule has 7 nitrogen and oxygen atoms in total. The Balaban J connectivity index is 1.36. The molecule has 1 aliphatic carbocycles. The second-order valence-corrected chi connectivity index (χ2v) is 8.79. The maximum atomic E-state index is 12.4. The first-order valence-corrected chi connectivity index (χ1v) is 11.5. The van der Waals surface area contributed by atoms with Crippen molar-refractivity contribution >= 4 is 29.3 Å². The highest BCUT2D eigenvalue weighted by molar-refractivity contribution is 7.99. The molecule has 1 saturated heterocycles. The van der Waals surface area contributed by atoms with Crippen LogP contribution in [-0.4, -0.2) is 46.1 Å². The Morgan fingerprint density at radius 1 is 1.17 bits per heavy atom. The van der Waals surface area contributed by atoms with Gasteiger partial charge in [-0.3, -0.25) is 9.36 Å². The normalized spacial score (nSPS) is 17.4. The van der Waals surface area contributed by atoms with Crippen molar-refractivity contribution in [2.24, 2.45) is 5.92 Å². The van der Waals surface area contributed by atoms with Gasteiger partial charge in [0.1, 0.15) is 5.75 Å². The van der Waals surface area contributed by atoms with E-state index in [2.05, 4.69) is 31.9 Å². The van der Waals surface area contributed by atoms with Crippen LogP contribution in [0.4, 0.5) is 11.6 Å². The largest absolute Gasteiger partial charge is 0.494 e. The Bertz CT molecular complexity index is 826. The average molecular weight is 416 g/mol. The number of aromatic nitrogens is 3. The van der Waals surface area contributed by atoms with Crippen molar-refractivity contribution < 1.29 is 9.53 Å². The van der Waals surface area contributed by atoms with Gasteiger partial charge in [0.05, 0.1) is 12.4 Å². The number of rotatable bonds is 8. The highest BCUT2D eigenvalue weighted by Crippen LogP contribution is 2.41. The molecule has 1 amide bonds. The number of thioether (sulfide) groups is 1. The molecule has 8 heteroatoms. The van der Waals surface area contributed by atoms with Gasteiger partial charge in [-0.2, -0.15) is 0 Å². The van der Waals surface area contributed by atoms with Crippen molar-refractivity contribution in [3.63, 3.8) is 0 Å². The highest BCUT2D eigenvalue weighted by atomic mass is 32.2. The molecule has 0 radical (unpaired) electrons. The highest BCUT2D eigenvalue weighted by Gasteiger charge is 2.32. The van der Waals surface area contributed by atoms with Crippen LogP contribution in [0.25, 0.3) is 0 Å². The summed E-state index contributed by atoms with van der Waals surface area (Å²) in [5.74, 6) is 2.84. The van der Waals surface area contributed by atoms with E-state index in [-0.39, 0.29) is 5.91 Å². The van der Waals surface area contributed by atoms with Crippen molar-refractivity contribution in [3.05, 3.63) is 24.3 Å². The first-order valence-electron chi connectivity index (χ1n) is 10.5. The van der Waals surface area contributed by atoms with Gasteiger partial charge in [0.25, 0.3) is 0 Å². The number of anilines is 2. The van der Waals surface area contributed by atoms with Gasteiger partial charge in [0, 0.05) is 24.8 Å². The second-order valence-electron chi connectivity index (χ2n) is 7.85. The van der Waals surface area contributed by atoms with Crippen molar-refractivity contribution in [2.45, 2.75) is 50.7 Å². The average Bonchev–Trinajstić information content (AvgIpc) is 3.48. The summed E-state index contributed by atoms with van der Waals surface area (Å²) in [6.07, 6.45) is 4.73. The molecule has 0 atom stereocenters. The lowest BCUT2D eigenvalue weighted by atomic mass is 10.00. The van der Waals surface area contributed by atoms with Gasteiger partial charge < -0.3 is 15.0 Å². The van der Waals surface area contributed by atoms with E-state index in [1.165, 1.54) is 37.4 Å². The molecule has 2 fully saturated rings. The number of carbonyl (C=O) groups excluding carboxylic acids is 1. The lowest BCUT2D eigenvalue weighted by molar-refractivity contribution is -0.113. The number of hydrogen-bond acceptors (Lipinski definition) is 6. The maximum absolute atomic E-state index is 12.4. The summed E-state index contributed by atoms with van der Waals surface area (Å²) in [4.78, 5) is 14.8. The summed E-state index contributed by atoms with van der Waals surface area (Å²) in [5.41, 5.74) is 0.769. The van der Waals surface area contributed by atoms with Crippen LogP contribution in [0.15, 0.2) is 29.4 Å². The molecule has 1 N–H and O–H groups in total. The van der Waals surface area contributed by atoms with Crippen LogP contribution in [0.2, 0.25) is 0 Å². The minimum absolute atomic E-state index is 0.0437. The molecule has 2 aromatic rings. The van der Waals surface area contributed by atoms with E-state index in [9.17, 15) is 4.79 Å². The van der Waals surface area contributed by atoms with E-state index in [4.69, 9.17) is 4.74 Å². The van der Waals surface area contributed by atoms with Crippen LogP contribution < -0.4 is 15.0 Å². The van der Waals surface area contributed by atoms with Crippen molar-refractivity contribution in [1.82, 2.24) is 14.8 Å². The molecule has 2 aliphatic rings. The standard InChI is InChI=1S/C21H29N5O2S/c1-3-28-18-8-4-16(5-9-18)22-19(27)14-29-21-24-23-20(26(21)17-6-7-17)25-12-10-15(2)11-13-25/h4-5,8-9,15,17H,3,6-7,10-14H2,1-2H3,(H,22,27). The first kappa shape index (κ1) is 20.1. The first-order chi connectivity index (χ1) is 14.1. The molecule has 1 aromatic heterocycles. The van der Waals surface area contributed by atoms with Crippen LogP contribution in [0.3, 0.4) is 0 Å². The number of ether oxygens (including phenoxy) is 1. The fourth-order valence-corrected chi connectivity index (χ4v) is 4.37. The van der Waals surface area contributed by atoms with E-state index >= 15 is 0 Å². The molecule has 2 heterocycles. The maximum Gasteiger partial charge on any atom is 0.234 e. The van der Waals surface area contributed by atoms with Crippen LogP contribution in [0, 0.1) is 5.92 Å². The quantitative estimate of drug-likeness (QED) is 0.658. The summed E-state index contributed by atoms with van der Waals surface area (Å²) >= 11 is 1.47. The predicted octanol–water partition coefficient (Wildman–Crippen LogP) is 3.98. The van der Waals surface area contributed by atoms with Gasteiger partial charge >= 0.3 is 0 Å². The molecule has 1 aliphatic heterocycles. The molecule has 4 rings (SSSR count). The number of nitrogens with one attached hydrogen (secondary N) is 1. The summed E-state index contributed by atoms with van der Waals surface area (Å²) in [7, 11) is 0. The van der Waals surface area contributed by atoms with Crippen LogP contribution in [0.1, 0.15) is 45.6 Å².